The third kappa shape index (κ3) is 1.78. The van der Waals surface area contributed by atoms with Gasteiger partial charge in [-0.3, -0.25) is 0 Å². The summed E-state index contributed by atoms with van der Waals surface area (Å²) < 4.78 is 25.7. The highest BCUT2D eigenvalue weighted by molar-refractivity contribution is 5.15. The molecule has 88 valence electrons. The van der Waals surface area contributed by atoms with Crippen molar-refractivity contribution < 1.29 is 13.9 Å². The molecule has 0 aromatic rings. The van der Waals surface area contributed by atoms with Crippen LogP contribution in [0.1, 0.15) is 45.4 Å². The van der Waals surface area contributed by atoms with Crippen LogP contribution in [-0.4, -0.2) is 22.2 Å². The highest BCUT2D eigenvalue weighted by atomic mass is 19.3. The monoisotopic (exact) mass is 219 g/mol. The average molecular weight is 219 g/mol. The summed E-state index contributed by atoms with van der Waals surface area (Å²) in [6.45, 7) is 2.12. The Hall–Kier alpha value is -0.220. The summed E-state index contributed by atoms with van der Waals surface area (Å²) in [4.78, 5) is 0. The zero-order chi connectivity index (χ0) is 11.3. The van der Waals surface area contributed by atoms with E-state index in [-0.39, 0.29) is 12.8 Å². The molecular weight excluding hydrogens is 200 g/mol. The van der Waals surface area contributed by atoms with Gasteiger partial charge < -0.3 is 10.8 Å². The zero-order valence-electron chi connectivity index (χ0n) is 9.10. The van der Waals surface area contributed by atoms with Crippen LogP contribution in [0, 0.1) is 5.92 Å². The smallest absolute Gasteiger partial charge is 0.251 e. The van der Waals surface area contributed by atoms with Crippen molar-refractivity contribution in [2.24, 2.45) is 11.7 Å². The number of halogens is 2. The van der Waals surface area contributed by atoms with Gasteiger partial charge in [0, 0.05) is 12.8 Å². The van der Waals surface area contributed by atoms with Crippen LogP contribution in [0.2, 0.25) is 0 Å². The molecule has 0 saturated heterocycles. The second-order valence-electron chi connectivity index (χ2n) is 5.58. The van der Waals surface area contributed by atoms with E-state index in [4.69, 9.17) is 5.73 Å². The minimum Gasteiger partial charge on any atom is -0.388 e. The van der Waals surface area contributed by atoms with Crippen molar-refractivity contribution in [2.45, 2.75) is 62.5 Å². The van der Waals surface area contributed by atoms with Gasteiger partial charge in [-0.25, -0.2) is 8.78 Å². The van der Waals surface area contributed by atoms with Gasteiger partial charge >= 0.3 is 0 Å². The molecule has 2 rings (SSSR count). The normalized spacial score (nSPS) is 43.4. The Kier molecular flexibility index (Phi) is 2.36. The summed E-state index contributed by atoms with van der Waals surface area (Å²) in [7, 11) is 0. The fourth-order valence-electron chi connectivity index (χ4n) is 2.94. The third-order valence-corrected chi connectivity index (χ3v) is 4.18. The second-order valence-corrected chi connectivity index (χ2v) is 5.58. The minimum atomic E-state index is -2.66. The summed E-state index contributed by atoms with van der Waals surface area (Å²) in [6, 6.07) is 0. The Morgan fingerprint density at radius 1 is 1.20 bits per heavy atom. The average Bonchev–Trinajstić information content (AvgIpc) is 2.07. The summed E-state index contributed by atoms with van der Waals surface area (Å²) >= 11 is 0. The highest BCUT2D eigenvalue weighted by Crippen LogP contribution is 2.53. The molecule has 3 N–H and O–H groups in total. The van der Waals surface area contributed by atoms with Crippen LogP contribution in [0.5, 0.6) is 0 Å². The van der Waals surface area contributed by atoms with Crippen LogP contribution in [0.15, 0.2) is 0 Å². The minimum absolute atomic E-state index is 0.356. The Morgan fingerprint density at radius 3 is 2.07 bits per heavy atom. The number of hydrogen-bond acceptors (Lipinski definition) is 2. The van der Waals surface area contributed by atoms with E-state index in [1.54, 1.807) is 0 Å². The zero-order valence-corrected chi connectivity index (χ0v) is 9.10. The summed E-state index contributed by atoms with van der Waals surface area (Å²) in [5.74, 6) is -2.08. The molecule has 2 aliphatic rings. The molecule has 0 aromatic heterocycles. The predicted octanol–water partition coefficient (Wildman–Crippen LogP) is 2.05. The van der Waals surface area contributed by atoms with Crippen molar-refractivity contribution >= 4 is 0 Å². The lowest BCUT2D eigenvalue weighted by atomic mass is 9.58. The van der Waals surface area contributed by atoms with Gasteiger partial charge in [0.15, 0.2) is 0 Å². The molecule has 0 aromatic carbocycles. The number of alkyl halides is 2. The van der Waals surface area contributed by atoms with Crippen molar-refractivity contribution in [3.05, 3.63) is 0 Å². The first-order valence-electron chi connectivity index (χ1n) is 5.66. The number of nitrogens with two attached hydrogens (primary N) is 1. The molecule has 0 bridgehead atoms. The van der Waals surface area contributed by atoms with E-state index in [1.807, 2.05) is 0 Å². The SMILES string of the molecule is CC1CCC(O)(C2(N)CC(F)(F)C2)CC1. The Morgan fingerprint density at radius 2 is 1.67 bits per heavy atom. The lowest BCUT2D eigenvalue weighted by Gasteiger charge is -2.56. The van der Waals surface area contributed by atoms with Crippen LogP contribution in [0.3, 0.4) is 0 Å². The van der Waals surface area contributed by atoms with Crippen LogP contribution in [-0.2, 0) is 0 Å². The first kappa shape index (κ1) is 11.3. The Bertz CT molecular complexity index is 251. The van der Waals surface area contributed by atoms with Crippen molar-refractivity contribution in [2.75, 3.05) is 0 Å². The van der Waals surface area contributed by atoms with E-state index in [0.29, 0.717) is 18.8 Å². The highest BCUT2D eigenvalue weighted by Gasteiger charge is 2.63. The topological polar surface area (TPSA) is 46.2 Å². The van der Waals surface area contributed by atoms with E-state index in [9.17, 15) is 13.9 Å². The van der Waals surface area contributed by atoms with Crippen LogP contribution < -0.4 is 5.73 Å². The molecule has 15 heavy (non-hydrogen) atoms. The van der Waals surface area contributed by atoms with E-state index >= 15 is 0 Å². The van der Waals surface area contributed by atoms with Gasteiger partial charge in [-0.05, 0) is 31.6 Å². The summed E-state index contributed by atoms with van der Waals surface area (Å²) in [5.41, 5.74) is 3.80. The fourth-order valence-corrected chi connectivity index (χ4v) is 2.94. The third-order valence-electron chi connectivity index (χ3n) is 4.18. The number of hydrogen-bond donors (Lipinski definition) is 2. The lowest BCUT2D eigenvalue weighted by molar-refractivity contribution is -0.201. The molecule has 0 unspecified atom stereocenters. The van der Waals surface area contributed by atoms with Gasteiger partial charge in [-0.1, -0.05) is 6.92 Å². The van der Waals surface area contributed by atoms with Crippen molar-refractivity contribution in [3.63, 3.8) is 0 Å². The maximum absolute atomic E-state index is 12.8. The maximum atomic E-state index is 12.8. The molecular formula is C11H19F2NO. The molecule has 2 fully saturated rings. The predicted molar refractivity (Wildman–Crippen MR) is 53.7 cm³/mol. The van der Waals surface area contributed by atoms with Gasteiger partial charge in [0.1, 0.15) is 0 Å². The molecule has 4 heteroatoms. The molecule has 0 heterocycles. The van der Waals surface area contributed by atoms with E-state index in [2.05, 4.69) is 6.92 Å². The number of rotatable bonds is 1. The fraction of sp³-hybridized carbons (Fsp3) is 1.00. The molecule has 0 radical (unpaired) electrons. The van der Waals surface area contributed by atoms with Crippen LogP contribution in [0.25, 0.3) is 0 Å². The largest absolute Gasteiger partial charge is 0.388 e. The van der Waals surface area contributed by atoms with Crippen LogP contribution in [0.4, 0.5) is 8.78 Å². The van der Waals surface area contributed by atoms with Crippen molar-refractivity contribution in [3.8, 4) is 0 Å². The van der Waals surface area contributed by atoms with Gasteiger partial charge in [0.05, 0.1) is 11.1 Å². The number of aliphatic hydroxyl groups is 1. The molecule has 2 saturated carbocycles. The quantitative estimate of drug-likeness (QED) is 0.709. The van der Waals surface area contributed by atoms with Crippen LogP contribution >= 0.6 is 0 Å². The molecule has 0 amide bonds. The second kappa shape index (κ2) is 3.14. The molecule has 0 spiro atoms. The van der Waals surface area contributed by atoms with Gasteiger partial charge in [-0.2, -0.15) is 0 Å². The Balaban J connectivity index is 2.04. The van der Waals surface area contributed by atoms with Gasteiger partial charge in [0.25, 0.3) is 5.92 Å². The van der Waals surface area contributed by atoms with Crippen molar-refractivity contribution in [1.29, 1.82) is 0 Å². The first-order chi connectivity index (χ1) is 6.77. The first-order valence-corrected chi connectivity index (χ1v) is 5.66. The Labute approximate surface area is 88.8 Å². The van der Waals surface area contributed by atoms with Gasteiger partial charge in [-0.15, -0.1) is 0 Å². The molecule has 0 atom stereocenters. The van der Waals surface area contributed by atoms with Gasteiger partial charge in [0.2, 0.25) is 0 Å². The summed E-state index contributed by atoms with van der Waals surface area (Å²) in [6.07, 6.45) is 2.21. The summed E-state index contributed by atoms with van der Waals surface area (Å²) in [5, 5.41) is 10.3. The molecule has 2 nitrogen and oxygen atoms in total. The lowest BCUT2D eigenvalue weighted by Crippen LogP contribution is -2.71. The van der Waals surface area contributed by atoms with E-state index in [1.165, 1.54) is 0 Å². The molecule has 2 aliphatic carbocycles. The van der Waals surface area contributed by atoms with E-state index in [0.717, 1.165) is 12.8 Å². The maximum Gasteiger partial charge on any atom is 0.251 e. The standard InChI is InChI=1S/C11H19F2NO/c1-8-2-4-10(15,5-3-8)9(14)6-11(12,13)7-9/h8,15H,2-7,14H2,1H3. The molecule has 0 aliphatic heterocycles. The van der Waals surface area contributed by atoms with Crippen molar-refractivity contribution in [1.82, 2.24) is 0 Å². The van der Waals surface area contributed by atoms with E-state index < -0.39 is 17.1 Å².